The average Bonchev–Trinajstić information content (AvgIpc) is 2.17. The van der Waals surface area contributed by atoms with E-state index < -0.39 is 9.71 Å². The largest absolute Gasteiger partial charge is 0.394 e. The van der Waals surface area contributed by atoms with Crippen LogP contribution in [0.3, 0.4) is 0 Å². The molecule has 0 amide bonds. The van der Waals surface area contributed by atoms with Gasteiger partial charge in [-0.25, -0.2) is 4.21 Å². The maximum absolute atomic E-state index is 11.4. The van der Waals surface area contributed by atoms with Gasteiger partial charge in [-0.3, -0.25) is 5.14 Å². The third kappa shape index (κ3) is 3.11. The summed E-state index contributed by atoms with van der Waals surface area (Å²) in [6.07, 6.45) is 1.90. The molecule has 0 aromatic heterocycles. The topological polar surface area (TPSA) is 55.1 Å². The summed E-state index contributed by atoms with van der Waals surface area (Å²) in [6, 6.07) is 7.27. The van der Waals surface area contributed by atoms with Crippen molar-refractivity contribution in [3.8, 4) is 0 Å². The summed E-state index contributed by atoms with van der Waals surface area (Å²) in [5.41, 5.74) is 2.17. The SMILES string of the molecule is C=S(N)(=O)c1ccc(/C(C)=C/NC)cc1. The van der Waals surface area contributed by atoms with Crippen LogP contribution < -0.4 is 10.5 Å². The van der Waals surface area contributed by atoms with Crippen LogP contribution in [0.2, 0.25) is 0 Å². The molecule has 0 spiro atoms. The molecule has 0 radical (unpaired) electrons. The molecule has 0 fully saturated rings. The molecule has 1 unspecified atom stereocenters. The van der Waals surface area contributed by atoms with Gasteiger partial charge in [0.2, 0.25) is 0 Å². The molecule has 0 saturated heterocycles. The Bertz CT molecular complexity index is 458. The number of hydrogen-bond acceptors (Lipinski definition) is 2. The molecule has 0 aliphatic carbocycles. The highest BCUT2D eigenvalue weighted by molar-refractivity contribution is 7.98. The molecule has 0 heterocycles. The van der Waals surface area contributed by atoms with Crippen molar-refractivity contribution < 1.29 is 4.21 Å². The first-order valence-electron chi connectivity index (χ1n) is 4.54. The maximum Gasteiger partial charge on any atom is 0.0507 e. The fourth-order valence-corrected chi connectivity index (χ4v) is 1.84. The van der Waals surface area contributed by atoms with Crippen LogP contribution in [0.25, 0.3) is 5.57 Å². The fraction of sp³-hybridized carbons (Fsp3) is 0.182. The number of benzene rings is 1. The molecule has 15 heavy (non-hydrogen) atoms. The van der Waals surface area contributed by atoms with Crippen LogP contribution in [0.1, 0.15) is 12.5 Å². The Balaban J connectivity index is 3.06. The zero-order valence-corrected chi connectivity index (χ0v) is 9.80. The van der Waals surface area contributed by atoms with Gasteiger partial charge in [0.05, 0.1) is 9.71 Å². The van der Waals surface area contributed by atoms with Gasteiger partial charge in [0.15, 0.2) is 0 Å². The first kappa shape index (κ1) is 11.8. The van der Waals surface area contributed by atoms with E-state index in [0.717, 1.165) is 11.1 Å². The van der Waals surface area contributed by atoms with Crippen LogP contribution >= 0.6 is 0 Å². The molecule has 0 aliphatic rings. The summed E-state index contributed by atoms with van der Waals surface area (Å²) >= 11 is 0. The normalized spacial score (nSPS) is 15.8. The van der Waals surface area contributed by atoms with Gasteiger partial charge in [-0.15, -0.1) is 0 Å². The predicted octanol–water partition coefficient (Wildman–Crippen LogP) is 1.22. The Kier molecular flexibility index (Phi) is 3.55. The molecule has 82 valence electrons. The molecule has 3 N–H and O–H groups in total. The molecule has 1 aromatic rings. The highest BCUT2D eigenvalue weighted by atomic mass is 32.2. The van der Waals surface area contributed by atoms with Gasteiger partial charge in [0.25, 0.3) is 0 Å². The summed E-state index contributed by atoms with van der Waals surface area (Å²) in [5, 5.41) is 8.39. The summed E-state index contributed by atoms with van der Waals surface area (Å²) in [4.78, 5) is 0.573. The lowest BCUT2D eigenvalue weighted by molar-refractivity contribution is 0.682. The zero-order chi connectivity index (χ0) is 11.5. The third-order valence-electron chi connectivity index (χ3n) is 2.07. The van der Waals surface area contributed by atoms with Crippen molar-refractivity contribution in [2.24, 2.45) is 5.14 Å². The smallest absolute Gasteiger partial charge is 0.0507 e. The first-order valence-corrected chi connectivity index (χ1v) is 6.33. The molecule has 3 nitrogen and oxygen atoms in total. The van der Waals surface area contributed by atoms with Crippen LogP contribution in [0.4, 0.5) is 0 Å². The van der Waals surface area contributed by atoms with E-state index in [4.69, 9.17) is 5.14 Å². The van der Waals surface area contributed by atoms with Gasteiger partial charge in [0.1, 0.15) is 0 Å². The lowest BCUT2D eigenvalue weighted by atomic mass is 10.1. The van der Waals surface area contributed by atoms with Crippen LogP contribution in [0.5, 0.6) is 0 Å². The van der Waals surface area contributed by atoms with Gasteiger partial charge in [-0.2, -0.15) is 0 Å². The quantitative estimate of drug-likeness (QED) is 0.758. The van der Waals surface area contributed by atoms with Crippen molar-refractivity contribution >= 4 is 21.2 Å². The minimum absolute atomic E-state index is 0.573. The van der Waals surface area contributed by atoms with Gasteiger partial charge < -0.3 is 5.32 Å². The van der Waals surface area contributed by atoms with Crippen LogP contribution in [0, 0.1) is 0 Å². The molecule has 1 atom stereocenters. The summed E-state index contributed by atoms with van der Waals surface area (Å²) < 4.78 is 11.4. The van der Waals surface area contributed by atoms with E-state index in [2.05, 4.69) is 11.2 Å². The van der Waals surface area contributed by atoms with E-state index in [0.29, 0.717) is 4.90 Å². The van der Waals surface area contributed by atoms with Crippen molar-refractivity contribution in [2.75, 3.05) is 7.05 Å². The van der Waals surface area contributed by atoms with Crippen molar-refractivity contribution in [1.29, 1.82) is 0 Å². The van der Waals surface area contributed by atoms with E-state index in [1.165, 1.54) is 0 Å². The average molecular weight is 224 g/mol. The van der Waals surface area contributed by atoms with Crippen LogP contribution in [-0.2, 0) is 9.71 Å². The van der Waals surface area contributed by atoms with E-state index in [9.17, 15) is 4.21 Å². The number of nitrogens with two attached hydrogens (primary N) is 1. The van der Waals surface area contributed by atoms with Crippen LogP contribution in [0.15, 0.2) is 35.4 Å². The minimum Gasteiger partial charge on any atom is -0.394 e. The molecule has 0 bridgehead atoms. The molecule has 1 rings (SSSR count). The van der Waals surface area contributed by atoms with Crippen molar-refractivity contribution in [1.82, 2.24) is 5.32 Å². The highest BCUT2D eigenvalue weighted by Gasteiger charge is 2.01. The first-order chi connectivity index (χ1) is 6.95. The van der Waals surface area contributed by atoms with Gasteiger partial charge in [-0.1, -0.05) is 12.1 Å². The molecule has 4 heteroatoms. The van der Waals surface area contributed by atoms with Gasteiger partial charge in [-0.05, 0) is 42.3 Å². The Hall–Kier alpha value is -1.26. The monoisotopic (exact) mass is 224 g/mol. The molecular formula is C11H16N2OS. The third-order valence-corrected chi connectivity index (χ3v) is 3.14. The van der Waals surface area contributed by atoms with E-state index >= 15 is 0 Å². The van der Waals surface area contributed by atoms with Crippen molar-refractivity contribution in [2.45, 2.75) is 11.8 Å². The fourth-order valence-electron chi connectivity index (χ4n) is 1.25. The molecule has 0 aliphatic heterocycles. The van der Waals surface area contributed by atoms with E-state index in [-0.39, 0.29) is 0 Å². The Morgan fingerprint density at radius 2 is 2.00 bits per heavy atom. The van der Waals surface area contributed by atoms with Gasteiger partial charge >= 0.3 is 0 Å². The molecule has 1 aromatic carbocycles. The molecule has 0 saturated carbocycles. The van der Waals surface area contributed by atoms with Crippen LogP contribution in [-0.4, -0.2) is 17.1 Å². The minimum atomic E-state index is -2.59. The lowest BCUT2D eigenvalue weighted by Gasteiger charge is -2.05. The Morgan fingerprint density at radius 3 is 2.40 bits per heavy atom. The second kappa shape index (κ2) is 4.51. The molecular weight excluding hydrogens is 208 g/mol. The Morgan fingerprint density at radius 1 is 1.47 bits per heavy atom. The second-order valence-corrected chi connectivity index (χ2v) is 5.29. The Labute approximate surface area is 91.1 Å². The van der Waals surface area contributed by atoms with E-state index in [1.54, 1.807) is 12.1 Å². The van der Waals surface area contributed by atoms with Gasteiger partial charge in [0, 0.05) is 11.9 Å². The van der Waals surface area contributed by atoms with Crippen molar-refractivity contribution in [3.05, 3.63) is 36.0 Å². The maximum atomic E-state index is 11.4. The number of allylic oxidation sites excluding steroid dienone is 1. The number of hydrogen-bond donors (Lipinski definition) is 2. The summed E-state index contributed by atoms with van der Waals surface area (Å²) in [7, 11) is -0.745. The van der Waals surface area contributed by atoms with Crippen molar-refractivity contribution in [3.63, 3.8) is 0 Å². The predicted molar refractivity (Wildman–Crippen MR) is 66.9 cm³/mol. The van der Waals surface area contributed by atoms with E-state index in [1.807, 2.05) is 32.3 Å². The highest BCUT2D eigenvalue weighted by Crippen LogP contribution is 2.15. The number of nitrogens with one attached hydrogen (secondary N) is 1. The zero-order valence-electron chi connectivity index (χ0n) is 8.99. The summed E-state index contributed by atoms with van der Waals surface area (Å²) in [6.45, 7) is 2.00. The summed E-state index contributed by atoms with van der Waals surface area (Å²) in [5.74, 6) is 3.43. The standard InChI is InChI=1S/C11H16N2OS/c1-9(8-13-2)10-4-6-11(7-5-10)15(3,12)14/h4-8,13H,3H2,1-2H3,(H2,12,14)/b9-8+. The lowest BCUT2D eigenvalue weighted by Crippen LogP contribution is -2.11. The second-order valence-electron chi connectivity index (χ2n) is 3.37. The number of rotatable bonds is 3.